The summed E-state index contributed by atoms with van der Waals surface area (Å²) in [5.74, 6) is -1.42. The third-order valence-electron chi connectivity index (χ3n) is 2.29. The first kappa shape index (κ1) is 12.2. The molecule has 16 heavy (non-hydrogen) atoms. The Morgan fingerprint density at radius 3 is 2.19 bits per heavy atom. The lowest BCUT2D eigenvalue weighted by atomic mass is 9.98. The maximum absolute atomic E-state index is 11.3. The van der Waals surface area contributed by atoms with Gasteiger partial charge in [-0.3, -0.25) is 0 Å². The average Bonchev–Trinajstić information content (AvgIpc) is 2.27. The van der Waals surface area contributed by atoms with E-state index >= 15 is 0 Å². The van der Waals surface area contributed by atoms with Crippen molar-refractivity contribution in [1.82, 2.24) is 0 Å². The maximum Gasteiger partial charge on any atom is 0.337 e. The van der Waals surface area contributed by atoms with Gasteiger partial charge in [0, 0.05) is 0 Å². The molecule has 0 heterocycles. The fourth-order valence-corrected chi connectivity index (χ4v) is 1.34. The van der Waals surface area contributed by atoms with Crippen molar-refractivity contribution < 1.29 is 19.4 Å². The van der Waals surface area contributed by atoms with Crippen LogP contribution in [0.2, 0.25) is 0 Å². The fraction of sp³-hybridized carbons (Fsp3) is 0.333. The molecule has 1 aromatic carbocycles. The first-order valence-corrected chi connectivity index (χ1v) is 4.92. The van der Waals surface area contributed by atoms with Crippen LogP contribution in [-0.4, -0.2) is 24.2 Å². The van der Waals surface area contributed by atoms with Gasteiger partial charge < -0.3 is 9.84 Å². The molecule has 1 rings (SSSR count). The Kier molecular flexibility index (Phi) is 3.66. The van der Waals surface area contributed by atoms with Gasteiger partial charge in [0.15, 0.2) is 0 Å². The first-order valence-electron chi connectivity index (χ1n) is 4.92. The number of carboxylic acids is 1. The SMILES string of the molecule is COC(=O)c1cc(C(=O)O)cc(C(C)C)c1. The smallest absolute Gasteiger partial charge is 0.337 e. The van der Waals surface area contributed by atoms with Crippen LogP contribution in [0.4, 0.5) is 0 Å². The van der Waals surface area contributed by atoms with Crippen LogP contribution in [0, 0.1) is 0 Å². The molecular formula is C12H14O4. The predicted molar refractivity (Wildman–Crippen MR) is 58.8 cm³/mol. The maximum atomic E-state index is 11.3. The third kappa shape index (κ3) is 2.59. The minimum Gasteiger partial charge on any atom is -0.478 e. The quantitative estimate of drug-likeness (QED) is 0.797. The highest BCUT2D eigenvalue weighted by Gasteiger charge is 2.13. The van der Waals surface area contributed by atoms with Crippen molar-refractivity contribution in [3.63, 3.8) is 0 Å². The zero-order valence-electron chi connectivity index (χ0n) is 9.48. The van der Waals surface area contributed by atoms with Crippen molar-refractivity contribution >= 4 is 11.9 Å². The molecule has 1 N–H and O–H groups in total. The number of carbonyl (C=O) groups excluding carboxylic acids is 1. The summed E-state index contributed by atoms with van der Waals surface area (Å²) in [4.78, 5) is 22.2. The Labute approximate surface area is 93.9 Å². The molecule has 0 spiro atoms. The third-order valence-corrected chi connectivity index (χ3v) is 2.29. The van der Waals surface area contributed by atoms with Gasteiger partial charge in [-0.05, 0) is 29.7 Å². The van der Waals surface area contributed by atoms with Crippen molar-refractivity contribution in [3.8, 4) is 0 Å². The second kappa shape index (κ2) is 4.79. The van der Waals surface area contributed by atoms with E-state index in [0.29, 0.717) is 0 Å². The van der Waals surface area contributed by atoms with Gasteiger partial charge in [-0.25, -0.2) is 9.59 Å². The molecule has 86 valence electrons. The highest BCUT2D eigenvalue weighted by atomic mass is 16.5. The van der Waals surface area contributed by atoms with Crippen molar-refractivity contribution in [2.45, 2.75) is 19.8 Å². The molecule has 0 aliphatic rings. The van der Waals surface area contributed by atoms with E-state index in [1.54, 1.807) is 12.1 Å². The van der Waals surface area contributed by atoms with Crippen LogP contribution in [0.3, 0.4) is 0 Å². The number of esters is 1. The van der Waals surface area contributed by atoms with Crippen LogP contribution in [0.1, 0.15) is 46.0 Å². The van der Waals surface area contributed by atoms with Crippen molar-refractivity contribution in [1.29, 1.82) is 0 Å². The van der Waals surface area contributed by atoms with E-state index in [4.69, 9.17) is 5.11 Å². The van der Waals surface area contributed by atoms with Crippen LogP contribution < -0.4 is 0 Å². The number of ether oxygens (including phenoxy) is 1. The summed E-state index contributed by atoms with van der Waals surface area (Å²) in [5.41, 5.74) is 1.18. The number of hydrogen-bond donors (Lipinski definition) is 1. The second-order valence-corrected chi connectivity index (χ2v) is 3.80. The molecule has 4 nitrogen and oxygen atoms in total. The summed E-state index contributed by atoms with van der Waals surface area (Å²) in [5, 5.41) is 8.92. The monoisotopic (exact) mass is 222 g/mol. The summed E-state index contributed by atoms with van der Waals surface area (Å²) >= 11 is 0. The minimum absolute atomic E-state index is 0.103. The highest BCUT2D eigenvalue weighted by molar-refractivity contribution is 5.94. The summed E-state index contributed by atoms with van der Waals surface area (Å²) in [6.07, 6.45) is 0. The van der Waals surface area contributed by atoms with Crippen LogP contribution in [0.5, 0.6) is 0 Å². The molecule has 0 aliphatic heterocycles. The number of aromatic carboxylic acids is 1. The van der Waals surface area contributed by atoms with Crippen molar-refractivity contribution in [3.05, 3.63) is 34.9 Å². The predicted octanol–water partition coefficient (Wildman–Crippen LogP) is 2.29. The molecular weight excluding hydrogens is 208 g/mol. The van der Waals surface area contributed by atoms with Crippen molar-refractivity contribution in [2.75, 3.05) is 7.11 Å². The summed E-state index contributed by atoms with van der Waals surface area (Å²) in [7, 11) is 1.27. The average molecular weight is 222 g/mol. The molecule has 0 radical (unpaired) electrons. The summed E-state index contributed by atoms with van der Waals surface area (Å²) in [6.45, 7) is 3.87. The van der Waals surface area contributed by atoms with Gasteiger partial charge in [0.25, 0.3) is 0 Å². The Bertz CT molecular complexity index is 421. The van der Waals surface area contributed by atoms with Gasteiger partial charge in [-0.2, -0.15) is 0 Å². The molecule has 0 atom stereocenters. The van der Waals surface area contributed by atoms with Crippen LogP contribution in [0.15, 0.2) is 18.2 Å². The van der Waals surface area contributed by atoms with Gasteiger partial charge in [-0.1, -0.05) is 13.8 Å². The molecule has 4 heteroatoms. The molecule has 0 bridgehead atoms. The summed E-state index contributed by atoms with van der Waals surface area (Å²) in [6, 6.07) is 4.54. The lowest BCUT2D eigenvalue weighted by molar-refractivity contribution is 0.0600. The fourth-order valence-electron chi connectivity index (χ4n) is 1.34. The Balaban J connectivity index is 3.29. The van der Waals surface area contributed by atoms with Gasteiger partial charge in [0.1, 0.15) is 0 Å². The number of carboxylic acid groups (broad SMARTS) is 1. The zero-order chi connectivity index (χ0) is 12.3. The molecule has 0 aliphatic carbocycles. The first-order chi connectivity index (χ1) is 7.45. The molecule has 1 aromatic rings. The number of rotatable bonds is 3. The molecule has 0 saturated carbocycles. The number of benzene rings is 1. The van der Waals surface area contributed by atoms with E-state index < -0.39 is 11.9 Å². The number of methoxy groups -OCH3 is 1. The largest absolute Gasteiger partial charge is 0.478 e. The van der Waals surface area contributed by atoms with E-state index in [0.717, 1.165) is 5.56 Å². The standard InChI is InChI=1S/C12H14O4/c1-7(2)8-4-9(11(13)14)6-10(5-8)12(15)16-3/h4-7H,1-3H3,(H,13,14). The van der Waals surface area contributed by atoms with Gasteiger partial charge >= 0.3 is 11.9 Å². The Morgan fingerprint density at radius 2 is 1.75 bits per heavy atom. The number of carbonyl (C=O) groups is 2. The normalized spacial score (nSPS) is 10.2. The van der Waals surface area contributed by atoms with E-state index in [2.05, 4.69) is 4.74 Å². The minimum atomic E-state index is -1.05. The second-order valence-electron chi connectivity index (χ2n) is 3.80. The van der Waals surface area contributed by atoms with E-state index in [1.165, 1.54) is 13.2 Å². The lowest BCUT2D eigenvalue weighted by Crippen LogP contribution is -2.06. The Morgan fingerprint density at radius 1 is 1.19 bits per heavy atom. The van der Waals surface area contributed by atoms with Crippen LogP contribution in [0.25, 0.3) is 0 Å². The molecule has 0 unspecified atom stereocenters. The zero-order valence-corrected chi connectivity index (χ0v) is 9.48. The van der Waals surface area contributed by atoms with Crippen LogP contribution in [-0.2, 0) is 4.74 Å². The molecule has 0 aromatic heterocycles. The number of hydrogen-bond acceptors (Lipinski definition) is 3. The molecule has 0 saturated heterocycles. The van der Waals surface area contributed by atoms with Gasteiger partial charge in [0.2, 0.25) is 0 Å². The molecule has 0 amide bonds. The van der Waals surface area contributed by atoms with E-state index in [1.807, 2.05) is 13.8 Å². The molecule has 0 fully saturated rings. The topological polar surface area (TPSA) is 63.6 Å². The van der Waals surface area contributed by atoms with Crippen LogP contribution >= 0.6 is 0 Å². The van der Waals surface area contributed by atoms with Gasteiger partial charge in [-0.15, -0.1) is 0 Å². The van der Waals surface area contributed by atoms with Crippen molar-refractivity contribution in [2.24, 2.45) is 0 Å². The van der Waals surface area contributed by atoms with Gasteiger partial charge in [0.05, 0.1) is 18.2 Å². The lowest BCUT2D eigenvalue weighted by Gasteiger charge is -2.09. The highest BCUT2D eigenvalue weighted by Crippen LogP contribution is 2.19. The Hall–Kier alpha value is -1.84. The van der Waals surface area contributed by atoms with E-state index in [9.17, 15) is 9.59 Å². The van der Waals surface area contributed by atoms with E-state index in [-0.39, 0.29) is 17.0 Å². The summed E-state index contributed by atoms with van der Waals surface area (Å²) < 4.78 is 4.57.